The van der Waals surface area contributed by atoms with Crippen molar-refractivity contribution >= 4 is 21.7 Å². The number of hydrogen-bond acceptors (Lipinski definition) is 5. The Morgan fingerprint density at radius 2 is 2.10 bits per heavy atom. The molecule has 0 aliphatic carbocycles. The number of anilines is 1. The Morgan fingerprint density at radius 1 is 1.35 bits per heavy atom. The zero-order chi connectivity index (χ0) is 14.7. The molecule has 0 spiro atoms. The molecular weight excluding hydrogens is 322 g/mol. The minimum atomic E-state index is -0.132. The maximum Gasteiger partial charge on any atom is 0.268 e. The van der Waals surface area contributed by atoms with Gasteiger partial charge >= 0.3 is 0 Å². The summed E-state index contributed by atoms with van der Waals surface area (Å²) in [5.41, 5.74) is 0.729. The first-order valence-electron chi connectivity index (χ1n) is 6.31. The van der Waals surface area contributed by atoms with Crippen LogP contribution in [-0.4, -0.2) is 26.1 Å². The molecule has 0 atom stereocenters. The van der Waals surface area contributed by atoms with E-state index >= 15 is 0 Å². The first-order valence-corrected chi connectivity index (χ1v) is 7.11. The smallest absolute Gasteiger partial charge is 0.268 e. The topological polar surface area (TPSA) is 72.7 Å². The number of nitrogens with one attached hydrogen (secondary N) is 1. The van der Waals surface area contributed by atoms with Gasteiger partial charge in [0, 0.05) is 24.5 Å². The Bertz CT molecular complexity index is 683. The van der Waals surface area contributed by atoms with Gasteiger partial charge in [0.05, 0.1) is 6.54 Å². The van der Waals surface area contributed by atoms with E-state index in [1.165, 1.54) is 6.20 Å². The SMILES string of the molecule is CCNc1cc(C)nc(Cn2c(C)ncc(Br)c2=O)n1. The van der Waals surface area contributed by atoms with E-state index < -0.39 is 0 Å². The molecule has 0 saturated heterocycles. The van der Waals surface area contributed by atoms with Gasteiger partial charge in [-0.25, -0.2) is 15.0 Å². The molecule has 0 radical (unpaired) electrons. The van der Waals surface area contributed by atoms with E-state index in [-0.39, 0.29) is 5.56 Å². The van der Waals surface area contributed by atoms with Gasteiger partial charge in [0.2, 0.25) is 0 Å². The fourth-order valence-electron chi connectivity index (χ4n) is 1.85. The highest BCUT2D eigenvalue weighted by molar-refractivity contribution is 9.10. The van der Waals surface area contributed by atoms with Crippen molar-refractivity contribution in [3.8, 4) is 0 Å². The highest BCUT2D eigenvalue weighted by atomic mass is 79.9. The predicted molar refractivity (Wildman–Crippen MR) is 81.0 cm³/mol. The first kappa shape index (κ1) is 14.6. The maximum atomic E-state index is 12.1. The molecule has 2 heterocycles. The van der Waals surface area contributed by atoms with Crippen LogP contribution in [0.4, 0.5) is 5.82 Å². The third-order valence-corrected chi connectivity index (χ3v) is 3.31. The lowest BCUT2D eigenvalue weighted by atomic mass is 10.4. The van der Waals surface area contributed by atoms with E-state index in [1.54, 1.807) is 11.5 Å². The molecule has 0 bridgehead atoms. The highest BCUT2D eigenvalue weighted by Gasteiger charge is 2.09. The normalized spacial score (nSPS) is 10.6. The van der Waals surface area contributed by atoms with Gasteiger partial charge < -0.3 is 5.32 Å². The molecule has 106 valence electrons. The summed E-state index contributed by atoms with van der Waals surface area (Å²) in [5.74, 6) is 1.99. The lowest BCUT2D eigenvalue weighted by Gasteiger charge is -2.10. The zero-order valence-electron chi connectivity index (χ0n) is 11.6. The van der Waals surface area contributed by atoms with Gasteiger partial charge in [-0.15, -0.1) is 0 Å². The summed E-state index contributed by atoms with van der Waals surface area (Å²) in [6, 6.07) is 1.88. The summed E-state index contributed by atoms with van der Waals surface area (Å²) in [6.45, 7) is 6.78. The van der Waals surface area contributed by atoms with Crippen LogP contribution in [0.1, 0.15) is 24.3 Å². The predicted octanol–water partition coefficient (Wildman–Crippen LogP) is 1.89. The quantitative estimate of drug-likeness (QED) is 0.922. The van der Waals surface area contributed by atoms with E-state index in [9.17, 15) is 4.79 Å². The van der Waals surface area contributed by atoms with Crippen LogP contribution >= 0.6 is 15.9 Å². The van der Waals surface area contributed by atoms with Crippen molar-refractivity contribution in [2.45, 2.75) is 27.3 Å². The Labute approximate surface area is 125 Å². The maximum absolute atomic E-state index is 12.1. The molecule has 2 rings (SSSR count). The summed E-state index contributed by atoms with van der Waals surface area (Å²) in [6.07, 6.45) is 1.51. The molecule has 0 aliphatic rings. The highest BCUT2D eigenvalue weighted by Crippen LogP contribution is 2.08. The Morgan fingerprint density at radius 3 is 2.80 bits per heavy atom. The van der Waals surface area contributed by atoms with Crippen molar-refractivity contribution in [2.75, 3.05) is 11.9 Å². The molecule has 2 aromatic rings. The van der Waals surface area contributed by atoms with Crippen LogP contribution in [0.25, 0.3) is 0 Å². The number of aryl methyl sites for hydroxylation is 2. The van der Waals surface area contributed by atoms with Gasteiger partial charge in [0.25, 0.3) is 5.56 Å². The van der Waals surface area contributed by atoms with Crippen molar-refractivity contribution in [1.29, 1.82) is 0 Å². The van der Waals surface area contributed by atoms with Crippen LogP contribution in [0, 0.1) is 13.8 Å². The third-order valence-electron chi connectivity index (χ3n) is 2.76. The molecule has 0 fully saturated rings. The summed E-state index contributed by atoms with van der Waals surface area (Å²) < 4.78 is 1.98. The van der Waals surface area contributed by atoms with Crippen molar-refractivity contribution in [3.05, 3.63) is 44.4 Å². The Balaban J connectivity index is 2.40. The minimum Gasteiger partial charge on any atom is -0.370 e. The standard InChI is InChI=1S/C13H16BrN5O/c1-4-15-11-5-8(2)17-12(18-11)7-19-9(3)16-6-10(14)13(19)20/h5-6H,4,7H2,1-3H3,(H,15,17,18). The van der Waals surface area contributed by atoms with E-state index in [1.807, 2.05) is 19.9 Å². The fourth-order valence-corrected chi connectivity index (χ4v) is 2.17. The van der Waals surface area contributed by atoms with Crippen LogP contribution < -0.4 is 10.9 Å². The monoisotopic (exact) mass is 337 g/mol. The van der Waals surface area contributed by atoms with Crippen molar-refractivity contribution < 1.29 is 0 Å². The van der Waals surface area contributed by atoms with E-state index in [0.717, 1.165) is 18.1 Å². The zero-order valence-corrected chi connectivity index (χ0v) is 13.2. The van der Waals surface area contributed by atoms with Gasteiger partial charge in [0.15, 0.2) is 5.82 Å². The molecule has 2 aromatic heterocycles. The summed E-state index contributed by atoms with van der Waals surface area (Å²) in [7, 11) is 0. The second kappa shape index (κ2) is 6.13. The second-order valence-corrected chi connectivity index (χ2v) is 5.24. The molecule has 20 heavy (non-hydrogen) atoms. The molecule has 0 aromatic carbocycles. The van der Waals surface area contributed by atoms with Gasteiger partial charge in [-0.05, 0) is 36.7 Å². The first-order chi connectivity index (χ1) is 9.51. The summed E-state index contributed by atoms with van der Waals surface area (Å²) in [5, 5.41) is 3.15. The van der Waals surface area contributed by atoms with Crippen LogP contribution in [0.2, 0.25) is 0 Å². The van der Waals surface area contributed by atoms with E-state index in [2.05, 4.69) is 36.2 Å². The Hall–Kier alpha value is -1.76. The van der Waals surface area contributed by atoms with Gasteiger partial charge in [-0.2, -0.15) is 0 Å². The van der Waals surface area contributed by atoms with Crippen LogP contribution in [-0.2, 0) is 6.54 Å². The van der Waals surface area contributed by atoms with Crippen molar-refractivity contribution in [2.24, 2.45) is 0 Å². The number of rotatable bonds is 4. The Kier molecular flexibility index (Phi) is 4.49. The van der Waals surface area contributed by atoms with Gasteiger partial charge in [-0.3, -0.25) is 9.36 Å². The summed E-state index contributed by atoms with van der Waals surface area (Å²) in [4.78, 5) is 25.0. The lowest BCUT2D eigenvalue weighted by molar-refractivity contribution is 0.663. The van der Waals surface area contributed by atoms with E-state index in [4.69, 9.17) is 0 Å². The molecule has 1 N–H and O–H groups in total. The average Bonchev–Trinajstić information content (AvgIpc) is 2.39. The van der Waals surface area contributed by atoms with Gasteiger partial charge in [-0.1, -0.05) is 0 Å². The van der Waals surface area contributed by atoms with Gasteiger partial charge in [0.1, 0.15) is 16.1 Å². The molecule has 7 heteroatoms. The van der Waals surface area contributed by atoms with E-state index in [0.29, 0.717) is 22.7 Å². The number of aromatic nitrogens is 4. The molecule has 0 amide bonds. The number of hydrogen-bond donors (Lipinski definition) is 1. The molecular formula is C13H16BrN5O. The van der Waals surface area contributed by atoms with Crippen LogP contribution in [0.3, 0.4) is 0 Å². The largest absolute Gasteiger partial charge is 0.370 e. The van der Waals surface area contributed by atoms with Crippen LogP contribution in [0.5, 0.6) is 0 Å². The second-order valence-electron chi connectivity index (χ2n) is 4.39. The minimum absolute atomic E-state index is 0.132. The molecule has 0 aliphatic heterocycles. The van der Waals surface area contributed by atoms with Crippen molar-refractivity contribution in [3.63, 3.8) is 0 Å². The molecule has 6 nitrogen and oxygen atoms in total. The van der Waals surface area contributed by atoms with Crippen LogP contribution in [0.15, 0.2) is 21.5 Å². The average molecular weight is 338 g/mol. The van der Waals surface area contributed by atoms with Crippen molar-refractivity contribution in [1.82, 2.24) is 19.5 Å². The lowest BCUT2D eigenvalue weighted by Crippen LogP contribution is -2.25. The molecule has 0 saturated carbocycles. The third kappa shape index (κ3) is 3.22. The summed E-state index contributed by atoms with van der Waals surface area (Å²) >= 11 is 3.20. The number of nitrogens with zero attached hydrogens (tertiary/aromatic N) is 4. The fraction of sp³-hybridized carbons (Fsp3) is 0.385. The number of halogens is 1. The molecule has 0 unspecified atom stereocenters.